The molecule has 0 unspecified atom stereocenters. The highest BCUT2D eigenvalue weighted by atomic mass is 16.1. The zero-order valence-electron chi connectivity index (χ0n) is 23.4. The molecule has 1 saturated heterocycles. The molecule has 2 aromatic heterocycles. The number of aromatic nitrogens is 4. The minimum Gasteiger partial charge on any atom is -0.382 e. The first-order valence-corrected chi connectivity index (χ1v) is 14.3. The Morgan fingerprint density at radius 2 is 1.75 bits per heavy atom. The molecule has 4 aromatic rings. The summed E-state index contributed by atoms with van der Waals surface area (Å²) in [4.78, 5) is 31.9. The third-order valence-corrected chi connectivity index (χ3v) is 8.42. The van der Waals surface area contributed by atoms with Crippen LogP contribution < -0.4 is 11.1 Å². The first-order valence-electron chi connectivity index (χ1n) is 14.3. The number of benzene rings is 2. The molecule has 2 fully saturated rings. The van der Waals surface area contributed by atoms with Crippen LogP contribution in [0.15, 0.2) is 54.9 Å². The normalized spacial score (nSPS) is 20.6. The molecule has 9 heteroatoms. The molecule has 3 N–H and O–H groups in total. The van der Waals surface area contributed by atoms with Crippen molar-refractivity contribution in [3.63, 3.8) is 0 Å². The number of hydrogen-bond acceptors (Lipinski definition) is 7. The number of amides is 1. The van der Waals surface area contributed by atoms with E-state index in [4.69, 9.17) is 10.7 Å². The van der Waals surface area contributed by atoms with Crippen molar-refractivity contribution >= 4 is 28.6 Å². The van der Waals surface area contributed by atoms with Gasteiger partial charge in [0.25, 0.3) is 5.91 Å². The van der Waals surface area contributed by atoms with E-state index in [0.717, 1.165) is 68.4 Å². The van der Waals surface area contributed by atoms with E-state index >= 15 is 0 Å². The van der Waals surface area contributed by atoms with E-state index < -0.39 is 0 Å². The number of likely N-dealkylation sites (N-methyl/N-ethyl adjacent to an activating group) is 1. The van der Waals surface area contributed by atoms with Gasteiger partial charge in [-0.25, -0.2) is 15.0 Å². The lowest BCUT2D eigenvalue weighted by Crippen LogP contribution is -2.43. The second-order valence-corrected chi connectivity index (χ2v) is 11.5. The van der Waals surface area contributed by atoms with E-state index in [1.165, 1.54) is 18.4 Å². The lowest BCUT2D eigenvalue weighted by Gasteiger charge is -2.32. The molecule has 1 aliphatic carbocycles. The summed E-state index contributed by atoms with van der Waals surface area (Å²) in [5.74, 6) is 1.44. The third-order valence-electron chi connectivity index (χ3n) is 8.42. The van der Waals surface area contributed by atoms with E-state index in [1.807, 2.05) is 36.7 Å². The number of carbonyl (C=O) groups excluding carboxylic acids is 1. The monoisotopic (exact) mass is 538 g/mol. The Morgan fingerprint density at radius 3 is 2.50 bits per heavy atom. The fraction of sp³-hybridized carbons (Fsp3) is 0.419. The zero-order chi connectivity index (χ0) is 27.6. The SMILES string of the molecule is CC1CCC(n2cnc3c(N)nc(-c4cccc(C(=O)Nc5ccc(CN6CCN(C)CC6)cc5)c4)nc32)CC1. The molecule has 1 aliphatic heterocycles. The van der Waals surface area contributed by atoms with Crippen molar-refractivity contribution in [2.24, 2.45) is 5.92 Å². The number of rotatable bonds is 6. The van der Waals surface area contributed by atoms with Crippen LogP contribution in [0.5, 0.6) is 0 Å². The summed E-state index contributed by atoms with van der Waals surface area (Å²) in [6.07, 6.45) is 6.47. The van der Waals surface area contributed by atoms with Crippen LogP contribution in [-0.4, -0.2) is 68.5 Å². The Morgan fingerprint density at radius 1 is 1.00 bits per heavy atom. The number of hydrogen-bond donors (Lipinski definition) is 2. The van der Waals surface area contributed by atoms with Crippen LogP contribution in [0.3, 0.4) is 0 Å². The van der Waals surface area contributed by atoms with Gasteiger partial charge in [-0.15, -0.1) is 0 Å². The van der Waals surface area contributed by atoms with Crippen LogP contribution in [0, 0.1) is 5.92 Å². The molecule has 40 heavy (non-hydrogen) atoms. The van der Waals surface area contributed by atoms with Crippen molar-refractivity contribution in [2.45, 2.75) is 45.2 Å². The quantitative estimate of drug-likeness (QED) is 0.362. The maximum atomic E-state index is 13.2. The number of nitrogen functional groups attached to an aromatic ring is 1. The number of carbonyl (C=O) groups is 1. The number of piperazine rings is 1. The molecule has 1 saturated carbocycles. The number of anilines is 2. The van der Waals surface area contributed by atoms with Gasteiger partial charge in [-0.1, -0.05) is 31.2 Å². The molecule has 0 bridgehead atoms. The minimum absolute atomic E-state index is 0.177. The van der Waals surface area contributed by atoms with Crippen LogP contribution in [0.2, 0.25) is 0 Å². The maximum absolute atomic E-state index is 13.2. The number of fused-ring (bicyclic) bond motifs is 1. The summed E-state index contributed by atoms with van der Waals surface area (Å²) in [5.41, 5.74) is 11.0. The molecule has 208 valence electrons. The smallest absolute Gasteiger partial charge is 0.255 e. The molecule has 0 spiro atoms. The fourth-order valence-electron chi connectivity index (χ4n) is 5.82. The average molecular weight is 539 g/mol. The van der Waals surface area contributed by atoms with Crippen molar-refractivity contribution in [2.75, 3.05) is 44.3 Å². The van der Waals surface area contributed by atoms with Crippen molar-refractivity contribution in [1.29, 1.82) is 0 Å². The summed E-state index contributed by atoms with van der Waals surface area (Å²) in [5, 5.41) is 3.03. The predicted molar refractivity (Wildman–Crippen MR) is 159 cm³/mol. The minimum atomic E-state index is -0.177. The van der Waals surface area contributed by atoms with Crippen molar-refractivity contribution in [3.05, 3.63) is 66.0 Å². The second kappa shape index (κ2) is 11.3. The standard InChI is InChI=1S/C31H38N8O/c1-21-6-12-26(13-7-21)39-20-33-27-28(32)35-29(36-30(27)39)23-4-3-5-24(18-23)31(40)34-25-10-8-22(9-11-25)19-38-16-14-37(2)15-17-38/h3-5,8-11,18,20-21,26H,6-7,12-17,19H2,1-2H3,(H,34,40)(H2,32,35,36). The van der Waals surface area contributed by atoms with Gasteiger partial charge in [0, 0.05) is 55.6 Å². The third kappa shape index (κ3) is 5.71. The van der Waals surface area contributed by atoms with E-state index in [2.05, 4.69) is 55.8 Å². The molecule has 3 heterocycles. The molecule has 2 aliphatic rings. The maximum Gasteiger partial charge on any atom is 0.255 e. The van der Waals surface area contributed by atoms with Crippen LogP contribution in [-0.2, 0) is 6.54 Å². The number of nitrogens with two attached hydrogens (primary N) is 1. The van der Waals surface area contributed by atoms with Crippen LogP contribution in [0.25, 0.3) is 22.6 Å². The highest BCUT2D eigenvalue weighted by molar-refractivity contribution is 6.05. The molecule has 1 amide bonds. The van der Waals surface area contributed by atoms with Crippen LogP contribution in [0.4, 0.5) is 11.5 Å². The summed E-state index contributed by atoms with van der Waals surface area (Å²) in [6.45, 7) is 7.60. The Hall–Kier alpha value is -3.82. The molecule has 2 aromatic carbocycles. The first-order chi connectivity index (χ1) is 19.4. The summed E-state index contributed by atoms with van der Waals surface area (Å²) in [6, 6.07) is 15.9. The van der Waals surface area contributed by atoms with Crippen molar-refractivity contribution in [3.8, 4) is 11.4 Å². The average Bonchev–Trinajstić information content (AvgIpc) is 3.40. The Kier molecular flexibility index (Phi) is 7.49. The van der Waals surface area contributed by atoms with Gasteiger partial charge in [-0.3, -0.25) is 9.69 Å². The molecule has 6 rings (SSSR count). The van der Waals surface area contributed by atoms with E-state index in [0.29, 0.717) is 28.8 Å². The van der Waals surface area contributed by atoms with Crippen LogP contribution >= 0.6 is 0 Å². The number of imidazole rings is 1. The van der Waals surface area contributed by atoms with Gasteiger partial charge in [0.1, 0.15) is 5.52 Å². The Balaban J connectivity index is 1.17. The Bertz CT molecular complexity index is 1480. The van der Waals surface area contributed by atoms with Crippen molar-refractivity contribution in [1.82, 2.24) is 29.3 Å². The van der Waals surface area contributed by atoms with Gasteiger partial charge in [-0.05, 0) is 68.5 Å². The van der Waals surface area contributed by atoms with Gasteiger partial charge in [0.2, 0.25) is 0 Å². The first kappa shape index (κ1) is 26.4. The van der Waals surface area contributed by atoms with Crippen molar-refractivity contribution < 1.29 is 4.79 Å². The number of nitrogens with zero attached hydrogens (tertiary/aromatic N) is 6. The highest BCUT2D eigenvalue weighted by Crippen LogP contribution is 2.34. The zero-order valence-corrected chi connectivity index (χ0v) is 23.4. The van der Waals surface area contributed by atoms with E-state index in [-0.39, 0.29) is 5.91 Å². The van der Waals surface area contributed by atoms with E-state index in [9.17, 15) is 4.79 Å². The van der Waals surface area contributed by atoms with Gasteiger partial charge in [0.05, 0.1) is 6.33 Å². The lowest BCUT2D eigenvalue weighted by atomic mass is 9.87. The summed E-state index contributed by atoms with van der Waals surface area (Å²) >= 11 is 0. The molecular formula is C31H38N8O. The lowest BCUT2D eigenvalue weighted by molar-refractivity contribution is 0.102. The summed E-state index contributed by atoms with van der Waals surface area (Å²) in [7, 11) is 2.17. The van der Waals surface area contributed by atoms with Gasteiger partial charge < -0.3 is 20.5 Å². The van der Waals surface area contributed by atoms with Gasteiger partial charge >= 0.3 is 0 Å². The molecule has 0 radical (unpaired) electrons. The molecule has 9 nitrogen and oxygen atoms in total. The topological polar surface area (TPSA) is 105 Å². The fourth-order valence-corrected chi connectivity index (χ4v) is 5.82. The van der Waals surface area contributed by atoms with Gasteiger partial charge in [0.15, 0.2) is 17.3 Å². The summed E-state index contributed by atoms with van der Waals surface area (Å²) < 4.78 is 2.16. The predicted octanol–water partition coefficient (Wildman–Crippen LogP) is 4.83. The van der Waals surface area contributed by atoms with E-state index in [1.54, 1.807) is 6.07 Å². The second-order valence-electron chi connectivity index (χ2n) is 11.5. The Labute approximate surface area is 235 Å². The van der Waals surface area contributed by atoms with Gasteiger partial charge in [-0.2, -0.15) is 0 Å². The molecule has 0 atom stereocenters. The molecular weight excluding hydrogens is 500 g/mol. The van der Waals surface area contributed by atoms with Crippen LogP contribution in [0.1, 0.15) is 54.6 Å². The highest BCUT2D eigenvalue weighted by Gasteiger charge is 2.23. The number of nitrogens with one attached hydrogen (secondary N) is 1. The largest absolute Gasteiger partial charge is 0.382 e.